The van der Waals surface area contributed by atoms with Gasteiger partial charge in [-0.3, -0.25) is 9.88 Å². The van der Waals surface area contributed by atoms with Crippen LogP contribution in [0.5, 0.6) is 0 Å². The van der Waals surface area contributed by atoms with Crippen LogP contribution in [0, 0.1) is 12.7 Å². The van der Waals surface area contributed by atoms with Crippen LogP contribution in [0.2, 0.25) is 0 Å². The first-order chi connectivity index (χ1) is 12.7. The Labute approximate surface area is 153 Å². The summed E-state index contributed by atoms with van der Waals surface area (Å²) in [6.45, 7) is 5.31. The molecule has 1 atom stereocenters. The minimum Gasteiger partial charge on any atom is -0.377 e. The first-order valence-corrected chi connectivity index (χ1v) is 9.19. The zero-order valence-corrected chi connectivity index (χ0v) is 15.0. The van der Waals surface area contributed by atoms with Crippen molar-refractivity contribution >= 4 is 10.9 Å². The highest BCUT2D eigenvalue weighted by molar-refractivity contribution is 5.84. The summed E-state index contributed by atoms with van der Waals surface area (Å²) in [5.74, 6) is -0.198. The van der Waals surface area contributed by atoms with Crippen LogP contribution in [-0.2, 0) is 17.8 Å². The van der Waals surface area contributed by atoms with Gasteiger partial charge in [-0.15, -0.1) is 0 Å². The number of nitrogens with one attached hydrogen (secondary N) is 1. The molecule has 26 heavy (non-hydrogen) atoms. The minimum atomic E-state index is -0.198. The quantitative estimate of drug-likeness (QED) is 0.722. The van der Waals surface area contributed by atoms with Crippen LogP contribution < -0.4 is 0 Å². The SMILES string of the molecule is Cc1c(CN(Cc2ccccn2)C[C@H]2CCCO2)[nH]c2ccc(F)cc12. The van der Waals surface area contributed by atoms with Gasteiger partial charge in [0.1, 0.15) is 5.82 Å². The average molecular weight is 353 g/mol. The maximum absolute atomic E-state index is 13.6. The van der Waals surface area contributed by atoms with Crippen molar-refractivity contribution in [3.05, 3.63) is 65.4 Å². The number of hydrogen-bond acceptors (Lipinski definition) is 3. The number of halogens is 1. The molecule has 1 N–H and O–H groups in total. The number of aryl methyl sites for hydroxylation is 1. The van der Waals surface area contributed by atoms with Crippen molar-refractivity contribution in [3.63, 3.8) is 0 Å². The molecule has 5 heteroatoms. The number of ether oxygens (including phenoxy) is 1. The van der Waals surface area contributed by atoms with Gasteiger partial charge in [0, 0.05) is 49.0 Å². The van der Waals surface area contributed by atoms with Crippen molar-refractivity contribution in [1.82, 2.24) is 14.9 Å². The Bertz CT molecular complexity index is 872. The summed E-state index contributed by atoms with van der Waals surface area (Å²) in [6, 6.07) is 10.9. The molecule has 4 nitrogen and oxygen atoms in total. The number of nitrogens with zero attached hydrogens (tertiary/aromatic N) is 2. The van der Waals surface area contributed by atoms with Gasteiger partial charge in [-0.25, -0.2) is 4.39 Å². The molecule has 1 saturated heterocycles. The first kappa shape index (κ1) is 17.2. The highest BCUT2D eigenvalue weighted by atomic mass is 19.1. The van der Waals surface area contributed by atoms with Gasteiger partial charge in [-0.1, -0.05) is 6.07 Å². The third kappa shape index (κ3) is 3.79. The third-order valence-electron chi connectivity index (χ3n) is 5.10. The topological polar surface area (TPSA) is 41.2 Å². The number of benzene rings is 1. The second-order valence-electron chi connectivity index (χ2n) is 7.04. The molecular weight excluding hydrogens is 329 g/mol. The van der Waals surface area contributed by atoms with E-state index in [1.165, 1.54) is 6.07 Å². The molecule has 0 bridgehead atoms. The van der Waals surface area contributed by atoms with Crippen molar-refractivity contribution < 1.29 is 9.13 Å². The van der Waals surface area contributed by atoms with Crippen LogP contribution in [0.25, 0.3) is 10.9 Å². The van der Waals surface area contributed by atoms with Crippen LogP contribution >= 0.6 is 0 Å². The smallest absolute Gasteiger partial charge is 0.123 e. The van der Waals surface area contributed by atoms with Crippen LogP contribution in [0.3, 0.4) is 0 Å². The molecule has 2 aromatic heterocycles. The minimum absolute atomic E-state index is 0.198. The molecule has 1 aliphatic heterocycles. The predicted molar refractivity (Wildman–Crippen MR) is 100 cm³/mol. The molecule has 1 aromatic carbocycles. The van der Waals surface area contributed by atoms with Crippen LogP contribution in [-0.4, -0.2) is 34.1 Å². The van der Waals surface area contributed by atoms with Gasteiger partial charge in [-0.2, -0.15) is 0 Å². The largest absolute Gasteiger partial charge is 0.377 e. The molecule has 1 aliphatic rings. The lowest BCUT2D eigenvalue weighted by molar-refractivity contribution is 0.0670. The van der Waals surface area contributed by atoms with E-state index in [-0.39, 0.29) is 11.9 Å². The highest BCUT2D eigenvalue weighted by Crippen LogP contribution is 2.25. The molecule has 1 fully saturated rings. The van der Waals surface area contributed by atoms with E-state index >= 15 is 0 Å². The van der Waals surface area contributed by atoms with Gasteiger partial charge < -0.3 is 9.72 Å². The summed E-state index contributed by atoms with van der Waals surface area (Å²) in [6.07, 6.45) is 4.35. The fraction of sp³-hybridized carbons (Fsp3) is 0.381. The van der Waals surface area contributed by atoms with Gasteiger partial charge in [-0.05, 0) is 55.7 Å². The number of H-pyrrole nitrogens is 1. The summed E-state index contributed by atoms with van der Waals surface area (Å²) in [5.41, 5.74) is 4.26. The van der Waals surface area contributed by atoms with E-state index in [0.717, 1.165) is 66.9 Å². The Morgan fingerprint density at radius 3 is 2.96 bits per heavy atom. The van der Waals surface area contributed by atoms with Gasteiger partial charge in [0.25, 0.3) is 0 Å². The van der Waals surface area contributed by atoms with E-state index in [9.17, 15) is 4.39 Å². The summed E-state index contributed by atoms with van der Waals surface area (Å²) >= 11 is 0. The van der Waals surface area contributed by atoms with E-state index in [1.54, 1.807) is 6.07 Å². The van der Waals surface area contributed by atoms with Gasteiger partial charge in [0.05, 0.1) is 11.8 Å². The number of pyridine rings is 1. The van der Waals surface area contributed by atoms with Crippen LogP contribution in [0.4, 0.5) is 4.39 Å². The van der Waals surface area contributed by atoms with Crippen LogP contribution in [0.15, 0.2) is 42.6 Å². The van der Waals surface area contributed by atoms with Crippen molar-refractivity contribution in [1.29, 1.82) is 0 Å². The molecule has 0 unspecified atom stereocenters. The molecule has 4 rings (SSSR count). The molecule has 136 valence electrons. The van der Waals surface area contributed by atoms with E-state index < -0.39 is 0 Å². The molecule has 0 radical (unpaired) electrons. The molecule has 3 heterocycles. The number of aromatic nitrogens is 2. The second kappa shape index (κ2) is 7.56. The Kier molecular flexibility index (Phi) is 5.00. The molecule has 0 spiro atoms. The number of hydrogen-bond donors (Lipinski definition) is 1. The van der Waals surface area contributed by atoms with Gasteiger partial charge in [0.15, 0.2) is 0 Å². The van der Waals surface area contributed by atoms with Crippen molar-refractivity contribution in [2.45, 2.75) is 39.0 Å². The Hall–Kier alpha value is -2.24. The number of fused-ring (bicyclic) bond motifs is 1. The fourth-order valence-corrected chi connectivity index (χ4v) is 3.72. The van der Waals surface area contributed by atoms with E-state index in [4.69, 9.17) is 4.74 Å². The third-order valence-corrected chi connectivity index (χ3v) is 5.10. The Morgan fingerprint density at radius 2 is 2.19 bits per heavy atom. The number of rotatable bonds is 6. The normalized spacial score (nSPS) is 17.4. The van der Waals surface area contributed by atoms with E-state index in [1.807, 2.05) is 24.4 Å². The zero-order chi connectivity index (χ0) is 17.9. The molecule has 0 saturated carbocycles. The monoisotopic (exact) mass is 353 g/mol. The van der Waals surface area contributed by atoms with E-state index in [2.05, 4.69) is 27.9 Å². The maximum Gasteiger partial charge on any atom is 0.123 e. The second-order valence-corrected chi connectivity index (χ2v) is 7.04. The molecule has 0 amide bonds. The Balaban J connectivity index is 1.58. The highest BCUT2D eigenvalue weighted by Gasteiger charge is 2.21. The zero-order valence-electron chi connectivity index (χ0n) is 15.0. The van der Waals surface area contributed by atoms with Crippen LogP contribution in [0.1, 0.15) is 29.8 Å². The number of aromatic amines is 1. The van der Waals surface area contributed by atoms with Crippen molar-refractivity contribution in [2.24, 2.45) is 0 Å². The summed E-state index contributed by atoms with van der Waals surface area (Å²) in [5, 5.41) is 0.954. The van der Waals surface area contributed by atoms with Crippen molar-refractivity contribution in [3.8, 4) is 0 Å². The Morgan fingerprint density at radius 1 is 1.27 bits per heavy atom. The lowest BCUT2D eigenvalue weighted by Gasteiger charge is -2.25. The molecular formula is C21H24FN3O. The lowest BCUT2D eigenvalue weighted by Crippen LogP contribution is -2.32. The first-order valence-electron chi connectivity index (χ1n) is 9.19. The maximum atomic E-state index is 13.6. The predicted octanol–water partition coefficient (Wildman–Crippen LogP) is 4.19. The fourth-order valence-electron chi connectivity index (χ4n) is 3.72. The van der Waals surface area contributed by atoms with Crippen molar-refractivity contribution in [2.75, 3.05) is 13.2 Å². The van der Waals surface area contributed by atoms with Gasteiger partial charge in [0.2, 0.25) is 0 Å². The molecule has 0 aliphatic carbocycles. The van der Waals surface area contributed by atoms with E-state index in [0.29, 0.717) is 0 Å². The average Bonchev–Trinajstić information content (AvgIpc) is 3.25. The summed E-state index contributed by atoms with van der Waals surface area (Å²) in [7, 11) is 0. The summed E-state index contributed by atoms with van der Waals surface area (Å²) in [4.78, 5) is 10.3. The van der Waals surface area contributed by atoms with Gasteiger partial charge >= 0.3 is 0 Å². The standard InChI is InChI=1S/C21H24FN3O/c1-15-19-11-16(22)7-8-20(19)24-21(15)14-25(13-18-6-4-10-26-18)12-17-5-2-3-9-23-17/h2-3,5,7-9,11,18,24H,4,6,10,12-14H2,1H3/t18-/m1/s1. The summed E-state index contributed by atoms with van der Waals surface area (Å²) < 4.78 is 19.4. The lowest BCUT2D eigenvalue weighted by atomic mass is 10.1. The molecule has 3 aromatic rings.